The molecule has 1 aliphatic rings. The fourth-order valence-electron chi connectivity index (χ4n) is 3.44. The van der Waals surface area contributed by atoms with E-state index >= 15 is 0 Å². The third kappa shape index (κ3) is 6.33. The smallest absolute Gasteiger partial charge is 0.322 e. The van der Waals surface area contributed by atoms with Gasteiger partial charge in [-0.2, -0.15) is 5.26 Å². The molecule has 2 heterocycles. The van der Waals surface area contributed by atoms with Crippen LogP contribution in [-0.4, -0.2) is 53.6 Å². The molecule has 1 aromatic carbocycles. The van der Waals surface area contributed by atoms with Gasteiger partial charge in [0.2, 0.25) is 5.91 Å². The summed E-state index contributed by atoms with van der Waals surface area (Å²) in [5.74, 6) is 0.514. The van der Waals surface area contributed by atoms with Crippen molar-refractivity contribution in [3.05, 3.63) is 54.0 Å². The van der Waals surface area contributed by atoms with Crippen molar-refractivity contribution >= 4 is 17.6 Å². The molecule has 2 aromatic rings. The predicted molar refractivity (Wildman–Crippen MR) is 115 cm³/mol. The second-order valence-corrected chi connectivity index (χ2v) is 7.83. The predicted octanol–water partition coefficient (Wildman–Crippen LogP) is 3.60. The number of hydrogen-bond acceptors (Lipinski definition) is 5. The van der Waals surface area contributed by atoms with Gasteiger partial charge < -0.3 is 24.3 Å². The fourth-order valence-corrected chi connectivity index (χ4v) is 3.44. The molecule has 1 aliphatic heterocycles. The van der Waals surface area contributed by atoms with Crippen LogP contribution < -0.4 is 5.32 Å². The zero-order chi connectivity index (χ0) is 22.2. The Bertz CT molecular complexity index is 897. The Balaban J connectivity index is 1.67. The van der Waals surface area contributed by atoms with Gasteiger partial charge in [0.05, 0.1) is 30.5 Å². The number of amides is 3. The van der Waals surface area contributed by atoms with Crippen molar-refractivity contribution in [2.75, 3.05) is 25.0 Å². The first kappa shape index (κ1) is 22.4. The number of anilines is 1. The molecule has 0 saturated carbocycles. The third-order valence-electron chi connectivity index (χ3n) is 5.18. The standard InChI is InChI=1S/C23H28N4O4/c1-17(2)27(23(29)25-19-9-7-18(13-24)8-10-19)16-22(28)26(14-20-5-3-11-30-20)15-21-6-4-12-31-21/h3,5,7-11,17,21H,4,6,12,14-16H2,1-2H3,(H,25,29)/t21-/m0/s1. The number of nitriles is 1. The van der Waals surface area contributed by atoms with Crippen LogP contribution in [0.25, 0.3) is 0 Å². The molecular formula is C23H28N4O4. The van der Waals surface area contributed by atoms with Gasteiger partial charge in [0.25, 0.3) is 0 Å². The van der Waals surface area contributed by atoms with E-state index in [0.717, 1.165) is 12.8 Å². The molecule has 0 aliphatic carbocycles. The quantitative estimate of drug-likeness (QED) is 0.698. The topological polar surface area (TPSA) is 98.8 Å². The van der Waals surface area contributed by atoms with E-state index < -0.39 is 0 Å². The highest BCUT2D eigenvalue weighted by Crippen LogP contribution is 2.17. The molecule has 8 nitrogen and oxygen atoms in total. The summed E-state index contributed by atoms with van der Waals surface area (Å²) >= 11 is 0. The van der Waals surface area contributed by atoms with Gasteiger partial charge in [0.15, 0.2) is 0 Å². The molecule has 3 amide bonds. The van der Waals surface area contributed by atoms with Crippen LogP contribution in [0.4, 0.5) is 10.5 Å². The van der Waals surface area contributed by atoms with Crippen molar-refractivity contribution < 1.29 is 18.7 Å². The molecule has 0 radical (unpaired) electrons. The SMILES string of the molecule is CC(C)N(CC(=O)N(Cc1ccco1)C[C@@H]1CCCO1)C(=O)Nc1ccc(C#N)cc1. The van der Waals surface area contributed by atoms with E-state index in [2.05, 4.69) is 5.32 Å². The Morgan fingerprint density at radius 3 is 2.61 bits per heavy atom. The highest BCUT2D eigenvalue weighted by Gasteiger charge is 2.27. The molecule has 0 unspecified atom stereocenters. The summed E-state index contributed by atoms with van der Waals surface area (Å²) in [6.45, 7) is 5.16. The largest absolute Gasteiger partial charge is 0.467 e. The molecule has 1 atom stereocenters. The highest BCUT2D eigenvalue weighted by molar-refractivity contribution is 5.92. The summed E-state index contributed by atoms with van der Waals surface area (Å²) in [7, 11) is 0. The highest BCUT2D eigenvalue weighted by atomic mass is 16.5. The number of rotatable bonds is 8. The molecule has 8 heteroatoms. The van der Waals surface area contributed by atoms with Gasteiger partial charge in [-0.05, 0) is 63.1 Å². The molecule has 3 rings (SSSR count). The molecule has 0 spiro atoms. The minimum atomic E-state index is -0.372. The molecule has 1 N–H and O–H groups in total. The zero-order valence-electron chi connectivity index (χ0n) is 17.9. The van der Waals surface area contributed by atoms with Crippen LogP contribution >= 0.6 is 0 Å². The lowest BCUT2D eigenvalue weighted by molar-refractivity contribution is -0.134. The maximum Gasteiger partial charge on any atom is 0.322 e. The van der Waals surface area contributed by atoms with E-state index in [4.69, 9.17) is 14.4 Å². The van der Waals surface area contributed by atoms with Gasteiger partial charge in [-0.1, -0.05) is 0 Å². The summed E-state index contributed by atoms with van der Waals surface area (Å²) in [6.07, 6.45) is 3.47. The monoisotopic (exact) mass is 424 g/mol. The second-order valence-electron chi connectivity index (χ2n) is 7.83. The second kappa shape index (κ2) is 10.6. The maximum atomic E-state index is 13.2. The maximum absolute atomic E-state index is 13.2. The Morgan fingerprint density at radius 2 is 2.03 bits per heavy atom. The van der Waals surface area contributed by atoms with Crippen LogP contribution in [0, 0.1) is 11.3 Å². The lowest BCUT2D eigenvalue weighted by atomic mass is 10.2. The van der Waals surface area contributed by atoms with Crippen LogP contribution in [0.15, 0.2) is 47.1 Å². The Labute approximate surface area is 182 Å². The number of benzene rings is 1. The number of carbonyl (C=O) groups is 2. The van der Waals surface area contributed by atoms with Gasteiger partial charge >= 0.3 is 6.03 Å². The average molecular weight is 425 g/mol. The number of ether oxygens (including phenoxy) is 1. The normalized spacial score (nSPS) is 15.5. The first-order valence-electron chi connectivity index (χ1n) is 10.5. The van der Waals surface area contributed by atoms with E-state index in [1.807, 2.05) is 26.0 Å². The van der Waals surface area contributed by atoms with Crippen molar-refractivity contribution in [2.45, 2.75) is 45.4 Å². The lowest BCUT2D eigenvalue weighted by Gasteiger charge is -2.30. The van der Waals surface area contributed by atoms with Crippen molar-refractivity contribution in [2.24, 2.45) is 0 Å². The fraction of sp³-hybridized carbons (Fsp3) is 0.435. The average Bonchev–Trinajstić information content (AvgIpc) is 3.46. The van der Waals surface area contributed by atoms with E-state index in [9.17, 15) is 9.59 Å². The van der Waals surface area contributed by atoms with Crippen molar-refractivity contribution in [3.8, 4) is 6.07 Å². The number of carbonyl (C=O) groups excluding carboxylic acids is 2. The molecule has 1 aromatic heterocycles. The van der Waals surface area contributed by atoms with E-state index in [1.165, 1.54) is 4.90 Å². The van der Waals surface area contributed by atoms with E-state index in [-0.39, 0.29) is 30.6 Å². The summed E-state index contributed by atoms with van der Waals surface area (Å²) in [5, 5.41) is 11.7. The van der Waals surface area contributed by atoms with Crippen molar-refractivity contribution in [1.82, 2.24) is 9.80 Å². The minimum Gasteiger partial charge on any atom is -0.467 e. The minimum absolute atomic E-state index is 0.00103. The lowest BCUT2D eigenvalue weighted by Crippen LogP contribution is -2.48. The van der Waals surface area contributed by atoms with Crippen LogP contribution in [0.2, 0.25) is 0 Å². The zero-order valence-corrected chi connectivity index (χ0v) is 17.9. The first-order chi connectivity index (χ1) is 15.0. The van der Waals surface area contributed by atoms with Gasteiger partial charge in [0, 0.05) is 24.9 Å². The summed E-state index contributed by atoms with van der Waals surface area (Å²) in [4.78, 5) is 29.2. The number of urea groups is 1. The van der Waals surface area contributed by atoms with Gasteiger partial charge in [-0.3, -0.25) is 4.79 Å². The van der Waals surface area contributed by atoms with Crippen molar-refractivity contribution in [1.29, 1.82) is 5.26 Å². The number of hydrogen-bond donors (Lipinski definition) is 1. The van der Waals surface area contributed by atoms with Gasteiger partial charge in [-0.25, -0.2) is 4.79 Å². The first-order valence-corrected chi connectivity index (χ1v) is 10.5. The summed E-state index contributed by atoms with van der Waals surface area (Å²) < 4.78 is 11.1. The van der Waals surface area contributed by atoms with Crippen LogP contribution in [0.5, 0.6) is 0 Å². The number of nitrogens with one attached hydrogen (secondary N) is 1. The number of furan rings is 1. The van der Waals surface area contributed by atoms with Gasteiger partial charge in [0.1, 0.15) is 12.3 Å². The van der Waals surface area contributed by atoms with Gasteiger partial charge in [-0.15, -0.1) is 0 Å². The molecular weight excluding hydrogens is 396 g/mol. The molecule has 1 fully saturated rings. The molecule has 31 heavy (non-hydrogen) atoms. The molecule has 0 bridgehead atoms. The summed E-state index contributed by atoms with van der Waals surface area (Å²) in [6, 6.07) is 11.7. The summed E-state index contributed by atoms with van der Waals surface area (Å²) in [5.41, 5.74) is 1.07. The number of nitrogens with zero attached hydrogens (tertiary/aromatic N) is 3. The third-order valence-corrected chi connectivity index (χ3v) is 5.18. The van der Waals surface area contributed by atoms with E-state index in [1.54, 1.807) is 41.5 Å². The Kier molecular flexibility index (Phi) is 7.68. The molecule has 164 valence electrons. The van der Waals surface area contributed by atoms with Crippen molar-refractivity contribution in [3.63, 3.8) is 0 Å². The van der Waals surface area contributed by atoms with E-state index in [0.29, 0.717) is 36.7 Å². The van der Waals surface area contributed by atoms with Crippen LogP contribution in [0.1, 0.15) is 38.0 Å². The Morgan fingerprint density at radius 1 is 1.26 bits per heavy atom. The molecule has 1 saturated heterocycles. The van der Waals surface area contributed by atoms with Crippen LogP contribution in [0.3, 0.4) is 0 Å². The van der Waals surface area contributed by atoms with Crippen LogP contribution in [-0.2, 0) is 16.1 Å². The Hall–Kier alpha value is -3.31.